The van der Waals surface area contributed by atoms with Crippen LogP contribution >= 0.6 is 0 Å². The molecule has 0 spiro atoms. The summed E-state index contributed by atoms with van der Waals surface area (Å²) in [5.41, 5.74) is 0. The van der Waals surface area contributed by atoms with Gasteiger partial charge in [0.25, 0.3) is 0 Å². The predicted octanol–water partition coefficient (Wildman–Crippen LogP) is 23.6. The van der Waals surface area contributed by atoms with Crippen molar-refractivity contribution < 1.29 is 28.6 Å². The van der Waals surface area contributed by atoms with E-state index in [4.69, 9.17) is 14.2 Å². The van der Waals surface area contributed by atoms with Gasteiger partial charge < -0.3 is 14.2 Å². The Morgan fingerprint density at radius 1 is 0.259 bits per heavy atom. The largest absolute Gasteiger partial charge is 0.462 e. The summed E-state index contributed by atoms with van der Waals surface area (Å²) in [6.07, 6.45) is 95.0. The van der Waals surface area contributed by atoms with Crippen molar-refractivity contribution >= 4 is 17.9 Å². The van der Waals surface area contributed by atoms with E-state index in [9.17, 15) is 14.4 Å². The fourth-order valence-corrected chi connectivity index (χ4v) is 9.37. The molecule has 0 bridgehead atoms. The molecule has 0 aliphatic carbocycles. The zero-order valence-corrected chi connectivity index (χ0v) is 53.0. The van der Waals surface area contributed by atoms with Gasteiger partial charge in [-0.25, -0.2) is 0 Å². The fourth-order valence-electron chi connectivity index (χ4n) is 9.37. The Hall–Kier alpha value is -4.19. The maximum absolute atomic E-state index is 12.9. The normalized spacial score (nSPS) is 12.9. The lowest BCUT2D eigenvalue weighted by atomic mass is 10.1. The number of hydrogen-bond donors (Lipinski definition) is 0. The quantitative estimate of drug-likeness (QED) is 0.0261. The minimum atomic E-state index is -0.784. The minimum Gasteiger partial charge on any atom is -0.462 e. The third kappa shape index (κ3) is 66.5. The summed E-state index contributed by atoms with van der Waals surface area (Å²) in [5.74, 6) is -0.885. The Labute approximate surface area is 501 Å². The summed E-state index contributed by atoms with van der Waals surface area (Å²) >= 11 is 0. The summed E-state index contributed by atoms with van der Waals surface area (Å²) in [6.45, 7) is 6.50. The van der Waals surface area contributed by atoms with E-state index in [1.807, 2.05) is 0 Å². The molecule has 0 saturated heterocycles. The third-order valence-electron chi connectivity index (χ3n) is 14.5. The first kappa shape index (κ1) is 76.8. The van der Waals surface area contributed by atoms with Gasteiger partial charge in [0.15, 0.2) is 6.10 Å². The highest BCUT2D eigenvalue weighted by atomic mass is 16.6. The van der Waals surface area contributed by atoms with Crippen LogP contribution in [0.25, 0.3) is 0 Å². The first-order chi connectivity index (χ1) is 40.0. The molecule has 0 heterocycles. The number of carbonyl (C=O) groups is 3. The lowest BCUT2D eigenvalue weighted by Crippen LogP contribution is -2.30. The summed E-state index contributed by atoms with van der Waals surface area (Å²) in [4.78, 5) is 38.3. The van der Waals surface area contributed by atoms with Gasteiger partial charge in [0, 0.05) is 19.3 Å². The molecule has 0 aromatic heterocycles. The lowest BCUT2D eigenvalue weighted by Gasteiger charge is -2.18. The van der Waals surface area contributed by atoms with Crippen LogP contribution in [0, 0.1) is 0 Å². The molecule has 0 fully saturated rings. The summed E-state index contributed by atoms with van der Waals surface area (Å²) in [5, 5.41) is 0. The minimum absolute atomic E-state index is 0.0804. The Kier molecular flexibility index (Phi) is 64.8. The molecule has 0 aromatic carbocycles. The first-order valence-electron chi connectivity index (χ1n) is 34.0. The molecule has 0 rings (SSSR count). The van der Waals surface area contributed by atoms with E-state index in [0.717, 1.165) is 122 Å². The topological polar surface area (TPSA) is 78.9 Å². The van der Waals surface area contributed by atoms with Crippen LogP contribution < -0.4 is 0 Å². The average Bonchev–Trinajstić information content (AvgIpc) is 3.47. The van der Waals surface area contributed by atoms with Crippen molar-refractivity contribution in [3.63, 3.8) is 0 Å². The molecule has 0 radical (unpaired) electrons. The number of ether oxygens (including phenoxy) is 3. The van der Waals surface area contributed by atoms with Crippen LogP contribution in [0.2, 0.25) is 0 Å². The summed E-state index contributed by atoms with van der Waals surface area (Å²) < 4.78 is 16.9. The van der Waals surface area contributed by atoms with E-state index in [0.29, 0.717) is 19.3 Å². The van der Waals surface area contributed by atoms with E-state index in [1.54, 1.807) is 0 Å². The van der Waals surface area contributed by atoms with Gasteiger partial charge in [-0.2, -0.15) is 0 Å². The highest BCUT2D eigenvalue weighted by molar-refractivity contribution is 5.71. The van der Waals surface area contributed by atoms with Gasteiger partial charge in [-0.15, -0.1) is 0 Å². The molecular formula is C75H126O6. The van der Waals surface area contributed by atoms with E-state index < -0.39 is 6.10 Å². The first-order valence-corrected chi connectivity index (χ1v) is 34.0. The molecule has 0 aliphatic rings. The SMILES string of the molecule is CC/C=C\C/C=C\C/C=C\C/C=C\C/C=C\C/C=C\C/C=C\C/C=C\CCCCCCCCCCCCC(=O)OCC(COC(=O)CCCCCCCCCCCCC)OC(=O)CCCCCCCCC/C=C\C/C=C\CCCCC. The summed E-state index contributed by atoms with van der Waals surface area (Å²) in [6, 6.07) is 0. The molecule has 0 amide bonds. The van der Waals surface area contributed by atoms with Crippen molar-refractivity contribution in [2.75, 3.05) is 13.2 Å². The van der Waals surface area contributed by atoms with Crippen LogP contribution in [0.4, 0.5) is 0 Å². The number of hydrogen-bond acceptors (Lipinski definition) is 6. The van der Waals surface area contributed by atoms with Crippen molar-refractivity contribution in [2.45, 2.75) is 322 Å². The van der Waals surface area contributed by atoms with Gasteiger partial charge in [0.05, 0.1) is 0 Å². The molecule has 6 nitrogen and oxygen atoms in total. The number of allylic oxidation sites excluding steroid dienone is 20. The van der Waals surface area contributed by atoms with Crippen LogP contribution in [-0.4, -0.2) is 37.2 Å². The maximum Gasteiger partial charge on any atom is 0.306 e. The van der Waals surface area contributed by atoms with Gasteiger partial charge in [0.1, 0.15) is 13.2 Å². The van der Waals surface area contributed by atoms with Gasteiger partial charge in [-0.3, -0.25) is 14.4 Å². The van der Waals surface area contributed by atoms with E-state index in [-0.39, 0.29) is 31.1 Å². The molecule has 1 unspecified atom stereocenters. The fraction of sp³-hybridized carbons (Fsp3) is 0.693. The highest BCUT2D eigenvalue weighted by Gasteiger charge is 2.19. The second-order valence-corrected chi connectivity index (χ2v) is 22.4. The molecule has 462 valence electrons. The predicted molar refractivity (Wildman–Crippen MR) is 353 cm³/mol. The van der Waals surface area contributed by atoms with E-state index >= 15 is 0 Å². The Morgan fingerprint density at radius 2 is 0.481 bits per heavy atom. The number of esters is 3. The van der Waals surface area contributed by atoms with Crippen molar-refractivity contribution in [1.29, 1.82) is 0 Å². The standard InChI is InChI=1S/C75H126O6/c1-4-7-10-13-16-19-22-24-26-28-29-30-31-32-33-34-35-36-37-38-39-40-41-42-43-44-45-47-48-50-53-56-59-62-65-68-74(77)80-71-72(70-79-73(76)67-64-61-58-55-52-21-18-15-12-9-6-3)81-75(78)69-66-63-60-57-54-51-49-46-27-25-23-20-17-14-11-8-5-2/h7,10,16-17,19-20,24-27,29-30,32-33,35-36,38-39,41-42,72H,4-6,8-9,11-15,18,21-23,28,31,34,37,40,43-71H2,1-3H3/b10-7-,19-16-,20-17-,26-24-,27-25-,30-29-,33-32-,36-35-,39-38-,42-41-. The zero-order valence-electron chi connectivity index (χ0n) is 53.0. The molecule has 1 atom stereocenters. The third-order valence-corrected chi connectivity index (χ3v) is 14.5. The van der Waals surface area contributed by atoms with Crippen LogP contribution in [0.3, 0.4) is 0 Å². The van der Waals surface area contributed by atoms with Crippen molar-refractivity contribution in [2.24, 2.45) is 0 Å². The van der Waals surface area contributed by atoms with Crippen LogP contribution in [0.1, 0.15) is 316 Å². The van der Waals surface area contributed by atoms with Crippen molar-refractivity contribution in [1.82, 2.24) is 0 Å². The number of carbonyl (C=O) groups excluding carboxylic acids is 3. The van der Waals surface area contributed by atoms with Gasteiger partial charge >= 0.3 is 17.9 Å². The molecule has 0 aromatic rings. The molecule has 0 N–H and O–H groups in total. The maximum atomic E-state index is 12.9. The molecule has 0 aliphatic heterocycles. The van der Waals surface area contributed by atoms with Crippen molar-refractivity contribution in [3.05, 3.63) is 122 Å². The number of rotatable bonds is 61. The molecule has 0 saturated carbocycles. The van der Waals surface area contributed by atoms with Gasteiger partial charge in [-0.05, 0) is 116 Å². The van der Waals surface area contributed by atoms with E-state index in [2.05, 4.69) is 142 Å². The molecule has 81 heavy (non-hydrogen) atoms. The summed E-state index contributed by atoms with van der Waals surface area (Å²) in [7, 11) is 0. The lowest BCUT2D eigenvalue weighted by molar-refractivity contribution is -0.167. The smallest absolute Gasteiger partial charge is 0.306 e. The Morgan fingerprint density at radius 3 is 0.778 bits per heavy atom. The molecule has 6 heteroatoms. The second-order valence-electron chi connectivity index (χ2n) is 22.4. The van der Waals surface area contributed by atoms with Gasteiger partial charge in [0.2, 0.25) is 0 Å². The number of unbranched alkanes of at least 4 members (excludes halogenated alkanes) is 30. The average molecular weight is 1120 g/mol. The van der Waals surface area contributed by atoms with Crippen LogP contribution in [0.15, 0.2) is 122 Å². The second kappa shape index (κ2) is 68.3. The van der Waals surface area contributed by atoms with Crippen LogP contribution in [-0.2, 0) is 28.6 Å². The Balaban J connectivity index is 4.20. The molecular weight excluding hydrogens is 997 g/mol. The van der Waals surface area contributed by atoms with Crippen LogP contribution in [0.5, 0.6) is 0 Å². The monoisotopic (exact) mass is 1120 g/mol. The van der Waals surface area contributed by atoms with Gasteiger partial charge in [-0.1, -0.05) is 303 Å². The van der Waals surface area contributed by atoms with Crippen molar-refractivity contribution in [3.8, 4) is 0 Å². The Bertz CT molecular complexity index is 1670. The highest BCUT2D eigenvalue weighted by Crippen LogP contribution is 2.16. The zero-order chi connectivity index (χ0) is 58.5. The van der Waals surface area contributed by atoms with E-state index in [1.165, 1.54) is 154 Å².